The van der Waals surface area contributed by atoms with Gasteiger partial charge < -0.3 is 5.32 Å². The second-order valence-electron chi connectivity index (χ2n) is 5.05. The number of anilines is 1. The van der Waals surface area contributed by atoms with Gasteiger partial charge >= 0.3 is 0 Å². The summed E-state index contributed by atoms with van der Waals surface area (Å²) in [6, 6.07) is 8.07. The maximum atomic E-state index is 6.02. The van der Waals surface area contributed by atoms with E-state index in [-0.39, 0.29) is 0 Å². The minimum Gasteiger partial charge on any atom is -0.354 e. The summed E-state index contributed by atoms with van der Waals surface area (Å²) in [6.07, 6.45) is 1.06. The molecule has 5 heteroatoms. The zero-order valence-electron chi connectivity index (χ0n) is 11.1. The minimum absolute atomic E-state index is 0.414. The molecule has 0 aliphatic carbocycles. The van der Waals surface area contributed by atoms with Crippen LogP contribution in [0.25, 0.3) is 11.4 Å². The van der Waals surface area contributed by atoms with Crippen LogP contribution in [0.3, 0.4) is 0 Å². The molecule has 2 aromatic rings. The topological polar surface area (TPSA) is 42.7 Å². The van der Waals surface area contributed by atoms with E-state index in [9.17, 15) is 0 Å². The average molecular weight is 277 g/mol. The van der Waals surface area contributed by atoms with Gasteiger partial charge in [-0.3, -0.25) is 0 Å². The number of hydrogen-bond donors (Lipinski definition) is 1. The average Bonchev–Trinajstić information content (AvgIpc) is 2.83. The van der Waals surface area contributed by atoms with Gasteiger partial charge in [0.2, 0.25) is 5.95 Å². The molecule has 1 aliphatic heterocycles. The molecule has 0 amide bonds. The van der Waals surface area contributed by atoms with Gasteiger partial charge in [-0.15, -0.1) is 5.10 Å². The van der Waals surface area contributed by atoms with Crippen LogP contribution >= 0.6 is 11.6 Å². The SMILES string of the molecule is CCC1C(C)CNc2nc(-c3cccc(Cl)c3)nn21. The summed E-state index contributed by atoms with van der Waals surface area (Å²) in [5.74, 6) is 2.16. The fourth-order valence-electron chi connectivity index (χ4n) is 2.63. The van der Waals surface area contributed by atoms with Gasteiger partial charge in [0, 0.05) is 17.1 Å². The number of rotatable bonds is 2. The van der Waals surface area contributed by atoms with Crippen LogP contribution in [-0.2, 0) is 0 Å². The van der Waals surface area contributed by atoms with Crippen molar-refractivity contribution < 1.29 is 0 Å². The molecule has 3 rings (SSSR count). The van der Waals surface area contributed by atoms with Crippen LogP contribution < -0.4 is 5.32 Å². The maximum Gasteiger partial charge on any atom is 0.221 e. The number of hydrogen-bond acceptors (Lipinski definition) is 3. The molecule has 2 heterocycles. The number of halogens is 1. The van der Waals surface area contributed by atoms with Crippen LogP contribution in [0, 0.1) is 5.92 Å². The van der Waals surface area contributed by atoms with Crippen molar-refractivity contribution in [2.75, 3.05) is 11.9 Å². The molecular formula is C14H17ClN4. The molecule has 0 spiro atoms. The summed E-state index contributed by atoms with van der Waals surface area (Å²) in [4.78, 5) is 4.58. The van der Waals surface area contributed by atoms with Gasteiger partial charge in [0.15, 0.2) is 5.82 Å². The van der Waals surface area contributed by atoms with E-state index < -0.39 is 0 Å². The lowest BCUT2D eigenvalue weighted by atomic mass is 9.98. The summed E-state index contributed by atoms with van der Waals surface area (Å²) in [5.41, 5.74) is 0.957. The first-order valence-corrected chi connectivity index (χ1v) is 7.03. The van der Waals surface area contributed by atoms with Crippen LogP contribution in [0.4, 0.5) is 5.95 Å². The van der Waals surface area contributed by atoms with Crippen molar-refractivity contribution >= 4 is 17.5 Å². The Balaban J connectivity index is 2.03. The molecule has 0 saturated carbocycles. The van der Waals surface area contributed by atoms with E-state index in [4.69, 9.17) is 11.6 Å². The van der Waals surface area contributed by atoms with Gasteiger partial charge in [0.25, 0.3) is 0 Å². The van der Waals surface area contributed by atoms with Crippen molar-refractivity contribution in [1.82, 2.24) is 14.8 Å². The van der Waals surface area contributed by atoms with Gasteiger partial charge in [0.05, 0.1) is 6.04 Å². The van der Waals surface area contributed by atoms with E-state index in [2.05, 4.69) is 29.2 Å². The van der Waals surface area contributed by atoms with E-state index in [0.717, 1.165) is 30.3 Å². The summed E-state index contributed by atoms with van der Waals surface area (Å²) in [7, 11) is 0. The zero-order chi connectivity index (χ0) is 13.4. The van der Waals surface area contributed by atoms with Crippen LogP contribution in [0.1, 0.15) is 26.3 Å². The van der Waals surface area contributed by atoms with Gasteiger partial charge in [-0.1, -0.05) is 37.6 Å². The predicted molar refractivity (Wildman–Crippen MR) is 77.4 cm³/mol. The molecular weight excluding hydrogens is 260 g/mol. The van der Waals surface area contributed by atoms with Crippen LogP contribution in [0.2, 0.25) is 5.02 Å². The van der Waals surface area contributed by atoms with E-state index in [0.29, 0.717) is 17.0 Å². The number of fused-ring (bicyclic) bond motifs is 1. The Hall–Kier alpha value is -1.55. The molecule has 0 bridgehead atoms. The Bertz CT molecular complexity index is 593. The molecule has 0 fully saturated rings. The highest BCUT2D eigenvalue weighted by Crippen LogP contribution is 2.31. The van der Waals surface area contributed by atoms with E-state index in [1.54, 1.807) is 0 Å². The highest BCUT2D eigenvalue weighted by Gasteiger charge is 2.27. The Morgan fingerprint density at radius 2 is 2.32 bits per heavy atom. The van der Waals surface area contributed by atoms with E-state index >= 15 is 0 Å². The number of nitrogens with one attached hydrogen (secondary N) is 1. The Kier molecular flexibility index (Phi) is 3.19. The number of aromatic nitrogens is 3. The van der Waals surface area contributed by atoms with E-state index in [1.165, 1.54) is 0 Å². The molecule has 1 aliphatic rings. The zero-order valence-corrected chi connectivity index (χ0v) is 11.9. The normalized spacial score (nSPS) is 21.8. The lowest BCUT2D eigenvalue weighted by Crippen LogP contribution is -2.31. The molecule has 1 aromatic carbocycles. The monoisotopic (exact) mass is 276 g/mol. The standard InChI is InChI=1S/C14H17ClN4/c1-3-12-9(2)8-16-14-17-13(18-19(12)14)10-5-4-6-11(15)7-10/h4-7,9,12H,3,8H2,1-2H3,(H,16,17,18). The van der Waals surface area contributed by atoms with Gasteiger partial charge in [-0.05, 0) is 24.5 Å². The molecule has 0 saturated heterocycles. The van der Waals surface area contributed by atoms with Crippen molar-refractivity contribution in [3.63, 3.8) is 0 Å². The first kappa shape index (κ1) is 12.5. The highest BCUT2D eigenvalue weighted by atomic mass is 35.5. The van der Waals surface area contributed by atoms with Gasteiger partial charge in [-0.25, -0.2) is 4.68 Å². The third-order valence-electron chi connectivity index (χ3n) is 3.69. The minimum atomic E-state index is 0.414. The maximum absolute atomic E-state index is 6.02. The third-order valence-corrected chi connectivity index (χ3v) is 3.92. The first-order chi connectivity index (χ1) is 9.19. The Labute approximate surface area is 117 Å². The van der Waals surface area contributed by atoms with Gasteiger partial charge in [-0.2, -0.15) is 4.98 Å². The molecule has 100 valence electrons. The lowest BCUT2D eigenvalue weighted by molar-refractivity contribution is 0.312. The van der Waals surface area contributed by atoms with Crippen molar-refractivity contribution in [3.05, 3.63) is 29.3 Å². The molecule has 4 nitrogen and oxygen atoms in total. The van der Waals surface area contributed by atoms with Crippen LogP contribution in [0.5, 0.6) is 0 Å². The fourth-order valence-corrected chi connectivity index (χ4v) is 2.82. The van der Waals surface area contributed by atoms with Crippen LogP contribution in [0.15, 0.2) is 24.3 Å². The molecule has 0 radical (unpaired) electrons. The second-order valence-corrected chi connectivity index (χ2v) is 5.48. The van der Waals surface area contributed by atoms with Crippen molar-refractivity contribution in [1.29, 1.82) is 0 Å². The van der Waals surface area contributed by atoms with E-state index in [1.807, 2.05) is 28.9 Å². The molecule has 2 atom stereocenters. The first-order valence-electron chi connectivity index (χ1n) is 6.65. The number of benzene rings is 1. The van der Waals surface area contributed by atoms with Gasteiger partial charge in [0.1, 0.15) is 0 Å². The van der Waals surface area contributed by atoms with Crippen molar-refractivity contribution in [2.45, 2.75) is 26.3 Å². The number of nitrogens with zero attached hydrogens (tertiary/aromatic N) is 3. The van der Waals surface area contributed by atoms with Crippen molar-refractivity contribution in [3.8, 4) is 11.4 Å². The highest BCUT2D eigenvalue weighted by molar-refractivity contribution is 6.30. The second kappa shape index (κ2) is 4.85. The van der Waals surface area contributed by atoms with Crippen molar-refractivity contribution in [2.24, 2.45) is 5.92 Å². The third kappa shape index (κ3) is 2.21. The van der Waals surface area contributed by atoms with Crippen LogP contribution in [-0.4, -0.2) is 21.3 Å². The Morgan fingerprint density at radius 3 is 3.05 bits per heavy atom. The Morgan fingerprint density at radius 1 is 1.47 bits per heavy atom. The molecule has 1 aromatic heterocycles. The summed E-state index contributed by atoms with van der Waals surface area (Å²) in [5, 5.41) is 8.69. The summed E-state index contributed by atoms with van der Waals surface area (Å²) in [6.45, 7) is 5.38. The lowest BCUT2D eigenvalue weighted by Gasteiger charge is -2.29. The summed E-state index contributed by atoms with van der Waals surface area (Å²) < 4.78 is 2.02. The molecule has 1 N–H and O–H groups in total. The smallest absolute Gasteiger partial charge is 0.221 e. The predicted octanol–water partition coefficient (Wildman–Crippen LogP) is 3.61. The quantitative estimate of drug-likeness (QED) is 0.911. The molecule has 2 unspecified atom stereocenters. The molecule has 19 heavy (non-hydrogen) atoms. The summed E-state index contributed by atoms with van der Waals surface area (Å²) >= 11 is 6.02. The largest absolute Gasteiger partial charge is 0.354 e. The fraction of sp³-hybridized carbons (Fsp3) is 0.429.